The molecule has 1 atom stereocenters. The van der Waals surface area contributed by atoms with Gasteiger partial charge in [-0.05, 0) is 12.1 Å². The SMILES string of the molecule is O=C(O)CC1CSCCN1S(=O)(=O)c1c(Cl)cccc1Cl. The van der Waals surface area contributed by atoms with E-state index in [1.165, 1.54) is 28.2 Å². The minimum atomic E-state index is -3.93. The summed E-state index contributed by atoms with van der Waals surface area (Å²) in [6, 6.07) is 3.86. The molecule has 0 aromatic heterocycles. The number of carboxylic acids is 1. The molecular weight excluding hydrogens is 357 g/mol. The van der Waals surface area contributed by atoms with Crippen LogP contribution in [0.2, 0.25) is 10.0 Å². The standard InChI is InChI=1S/C12H13Cl2NO4S2/c13-9-2-1-3-10(14)12(9)21(18,19)15-4-5-20-7-8(15)6-11(16)17/h1-3,8H,4-7H2,(H,16,17). The molecule has 0 aliphatic carbocycles. The van der Waals surface area contributed by atoms with Crippen molar-refractivity contribution in [2.24, 2.45) is 0 Å². The predicted octanol–water partition coefficient (Wildman–Crippen LogP) is 2.57. The minimum absolute atomic E-state index is 0.0369. The molecule has 0 saturated carbocycles. The fraction of sp³-hybridized carbons (Fsp3) is 0.417. The molecule has 0 radical (unpaired) electrons. The van der Waals surface area contributed by atoms with Crippen LogP contribution in [-0.4, -0.2) is 47.9 Å². The van der Waals surface area contributed by atoms with Gasteiger partial charge < -0.3 is 5.11 Å². The molecule has 5 nitrogen and oxygen atoms in total. The average Bonchev–Trinajstić information content (AvgIpc) is 2.37. The number of aliphatic carboxylic acids is 1. The number of rotatable bonds is 4. The van der Waals surface area contributed by atoms with Gasteiger partial charge in [0.25, 0.3) is 0 Å². The molecule has 1 aliphatic rings. The Morgan fingerprint density at radius 3 is 2.57 bits per heavy atom. The van der Waals surface area contributed by atoms with Crippen LogP contribution in [0.4, 0.5) is 0 Å². The topological polar surface area (TPSA) is 74.7 Å². The number of hydrogen-bond acceptors (Lipinski definition) is 4. The van der Waals surface area contributed by atoms with E-state index in [1.54, 1.807) is 6.07 Å². The van der Waals surface area contributed by atoms with Crippen molar-refractivity contribution in [1.82, 2.24) is 4.31 Å². The summed E-state index contributed by atoms with van der Waals surface area (Å²) in [5, 5.41) is 9.02. The van der Waals surface area contributed by atoms with E-state index in [-0.39, 0.29) is 27.9 Å². The van der Waals surface area contributed by atoms with Crippen LogP contribution >= 0.6 is 35.0 Å². The molecule has 0 amide bonds. The number of thioether (sulfide) groups is 1. The molecule has 1 aromatic rings. The average molecular weight is 370 g/mol. The number of halogens is 2. The lowest BCUT2D eigenvalue weighted by molar-refractivity contribution is -0.137. The zero-order chi connectivity index (χ0) is 15.6. The van der Waals surface area contributed by atoms with E-state index in [0.29, 0.717) is 11.5 Å². The highest BCUT2D eigenvalue weighted by Gasteiger charge is 2.37. The molecule has 0 bridgehead atoms. The summed E-state index contributed by atoms with van der Waals surface area (Å²) in [5.74, 6) is 0.0123. The first-order valence-corrected chi connectivity index (χ1v) is 9.44. The van der Waals surface area contributed by atoms with Gasteiger partial charge in [-0.15, -0.1) is 0 Å². The third-order valence-corrected chi connectivity index (χ3v) is 7.07. The number of sulfonamides is 1. The molecule has 1 aliphatic heterocycles. The van der Waals surface area contributed by atoms with Crippen molar-refractivity contribution in [2.45, 2.75) is 17.4 Å². The maximum absolute atomic E-state index is 12.8. The second-order valence-electron chi connectivity index (χ2n) is 4.49. The van der Waals surface area contributed by atoms with E-state index in [4.69, 9.17) is 28.3 Å². The van der Waals surface area contributed by atoms with E-state index in [0.717, 1.165) is 0 Å². The molecular formula is C12H13Cl2NO4S2. The lowest BCUT2D eigenvalue weighted by atomic mass is 10.2. The van der Waals surface area contributed by atoms with Crippen LogP contribution in [0.15, 0.2) is 23.1 Å². The highest BCUT2D eigenvalue weighted by Crippen LogP contribution is 2.34. The zero-order valence-corrected chi connectivity index (χ0v) is 14.0. The molecule has 1 N–H and O–H groups in total. The van der Waals surface area contributed by atoms with Gasteiger partial charge in [0.15, 0.2) is 0 Å². The van der Waals surface area contributed by atoms with E-state index in [1.807, 2.05) is 0 Å². The summed E-state index contributed by atoms with van der Waals surface area (Å²) in [7, 11) is -3.93. The fourth-order valence-electron chi connectivity index (χ4n) is 2.16. The van der Waals surface area contributed by atoms with E-state index in [2.05, 4.69) is 0 Å². The Balaban J connectivity index is 2.43. The van der Waals surface area contributed by atoms with Gasteiger partial charge >= 0.3 is 5.97 Å². The first kappa shape index (κ1) is 16.9. The van der Waals surface area contributed by atoms with Crippen LogP contribution in [0.1, 0.15) is 6.42 Å². The van der Waals surface area contributed by atoms with Crippen molar-refractivity contribution in [3.05, 3.63) is 28.2 Å². The third-order valence-electron chi connectivity index (χ3n) is 3.07. The molecule has 116 valence electrons. The number of hydrogen-bond donors (Lipinski definition) is 1. The lowest BCUT2D eigenvalue weighted by Gasteiger charge is -2.33. The quantitative estimate of drug-likeness (QED) is 0.882. The van der Waals surface area contributed by atoms with Crippen molar-refractivity contribution in [3.63, 3.8) is 0 Å². The zero-order valence-electron chi connectivity index (χ0n) is 10.8. The van der Waals surface area contributed by atoms with Crippen molar-refractivity contribution in [3.8, 4) is 0 Å². The maximum atomic E-state index is 12.8. The molecule has 21 heavy (non-hydrogen) atoms. The Morgan fingerprint density at radius 1 is 1.38 bits per heavy atom. The highest BCUT2D eigenvalue weighted by molar-refractivity contribution is 7.99. The molecule has 0 spiro atoms. The van der Waals surface area contributed by atoms with Gasteiger partial charge in [0.2, 0.25) is 10.0 Å². The number of carboxylic acid groups (broad SMARTS) is 1. The maximum Gasteiger partial charge on any atom is 0.305 e. The van der Waals surface area contributed by atoms with Gasteiger partial charge in [-0.2, -0.15) is 16.1 Å². The monoisotopic (exact) mass is 369 g/mol. The summed E-state index contributed by atoms with van der Waals surface area (Å²) < 4.78 is 26.8. The second kappa shape index (κ2) is 6.75. The number of nitrogens with zero attached hydrogens (tertiary/aromatic N) is 1. The molecule has 1 saturated heterocycles. The van der Waals surface area contributed by atoms with Crippen LogP contribution in [0, 0.1) is 0 Å². The highest BCUT2D eigenvalue weighted by atomic mass is 35.5. The van der Waals surface area contributed by atoms with Crippen molar-refractivity contribution in [2.75, 3.05) is 18.1 Å². The van der Waals surface area contributed by atoms with Crippen molar-refractivity contribution in [1.29, 1.82) is 0 Å². The van der Waals surface area contributed by atoms with Crippen molar-refractivity contribution < 1.29 is 18.3 Å². The Morgan fingerprint density at radius 2 is 2.00 bits per heavy atom. The van der Waals surface area contributed by atoms with Gasteiger partial charge in [-0.1, -0.05) is 29.3 Å². The summed E-state index contributed by atoms with van der Waals surface area (Å²) in [6.45, 7) is 0.243. The molecule has 9 heteroatoms. The van der Waals surface area contributed by atoms with Crippen molar-refractivity contribution >= 4 is 51.0 Å². The first-order chi connectivity index (χ1) is 9.84. The molecule has 1 aromatic carbocycles. The minimum Gasteiger partial charge on any atom is -0.481 e. The molecule has 2 rings (SSSR count). The Kier molecular flexibility index (Phi) is 5.43. The van der Waals surface area contributed by atoms with Gasteiger partial charge in [-0.3, -0.25) is 4.79 Å². The Labute approximate surface area is 137 Å². The summed E-state index contributed by atoms with van der Waals surface area (Å²) >= 11 is 13.5. The lowest BCUT2D eigenvalue weighted by Crippen LogP contribution is -2.47. The Bertz CT molecular complexity index is 630. The van der Waals surface area contributed by atoms with Gasteiger partial charge in [-0.25, -0.2) is 8.42 Å². The van der Waals surface area contributed by atoms with E-state index in [9.17, 15) is 13.2 Å². The first-order valence-electron chi connectivity index (χ1n) is 6.09. The molecule has 1 unspecified atom stereocenters. The summed E-state index contributed by atoms with van der Waals surface area (Å²) in [6.07, 6.45) is -0.242. The van der Waals surface area contributed by atoms with Crippen LogP contribution in [0.3, 0.4) is 0 Å². The van der Waals surface area contributed by atoms with Crippen LogP contribution < -0.4 is 0 Å². The number of carbonyl (C=O) groups is 1. The summed E-state index contributed by atoms with van der Waals surface area (Å²) in [4.78, 5) is 10.8. The summed E-state index contributed by atoms with van der Waals surface area (Å²) in [5.41, 5.74) is 0. The Hall–Kier alpha value is -0.470. The van der Waals surface area contributed by atoms with E-state index < -0.39 is 22.0 Å². The van der Waals surface area contributed by atoms with E-state index >= 15 is 0 Å². The van der Waals surface area contributed by atoms with Crippen LogP contribution in [0.5, 0.6) is 0 Å². The van der Waals surface area contributed by atoms with Gasteiger partial charge in [0.05, 0.1) is 16.5 Å². The molecule has 1 heterocycles. The normalized spacial score (nSPS) is 20.4. The predicted molar refractivity (Wildman–Crippen MR) is 83.7 cm³/mol. The van der Waals surface area contributed by atoms with Gasteiger partial charge in [0.1, 0.15) is 4.90 Å². The van der Waals surface area contributed by atoms with Crippen LogP contribution in [-0.2, 0) is 14.8 Å². The third kappa shape index (κ3) is 3.65. The number of benzene rings is 1. The van der Waals surface area contributed by atoms with Gasteiger partial charge in [0, 0.05) is 24.1 Å². The smallest absolute Gasteiger partial charge is 0.305 e. The second-order valence-corrected chi connectivity index (χ2v) is 8.28. The largest absolute Gasteiger partial charge is 0.481 e. The van der Waals surface area contributed by atoms with Crippen LogP contribution in [0.25, 0.3) is 0 Å². The fourth-order valence-corrected chi connectivity index (χ4v) is 6.16. The molecule has 1 fully saturated rings.